The molecule has 3 rings (SSSR count). The fourth-order valence-electron chi connectivity index (χ4n) is 3.20. The first-order valence-electron chi connectivity index (χ1n) is 7.87. The molecule has 0 spiro atoms. The van der Waals surface area contributed by atoms with Crippen molar-refractivity contribution < 1.29 is 8.42 Å². The van der Waals surface area contributed by atoms with Crippen molar-refractivity contribution in [3.63, 3.8) is 0 Å². The highest BCUT2D eigenvalue weighted by molar-refractivity contribution is 7.90. The number of aromatic amines is 1. The van der Waals surface area contributed by atoms with Gasteiger partial charge in [-0.1, -0.05) is 0 Å². The van der Waals surface area contributed by atoms with E-state index in [0.29, 0.717) is 4.90 Å². The zero-order valence-corrected chi connectivity index (χ0v) is 14.6. The Balaban J connectivity index is 1.72. The molecule has 126 valence electrons. The number of aromatic nitrogens is 4. The SMILES string of the molecule is CCn1cc(CN2CC[C@H](c3[nH]ncc3S(C)(=O)=O)C2)c(C)n1. The molecule has 1 aliphatic rings. The summed E-state index contributed by atoms with van der Waals surface area (Å²) < 4.78 is 25.6. The van der Waals surface area contributed by atoms with Gasteiger partial charge in [0.2, 0.25) is 0 Å². The normalized spacial score (nSPS) is 19.5. The summed E-state index contributed by atoms with van der Waals surface area (Å²) in [5, 5.41) is 11.3. The number of nitrogens with zero attached hydrogens (tertiary/aromatic N) is 4. The van der Waals surface area contributed by atoms with Gasteiger partial charge in [-0.05, 0) is 26.8 Å². The predicted octanol–water partition coefficient (Wildman–Crippen LogP) is 1.33. The van der Waals surface area contributed by atoms with E-state index in [-0.39, 0.29) is 5.92 Å². The molecule has 0 bridgehead atoms. The second-order valence-corrected chi connectivity index (χ2v) is 8.22. The Kier molecular flexibility index (Phi) is 4.29. The van der Waals surface area contributed by atoms with Gasteiger partial charge in [0, 0.05) is 43.6 Å². The van der Waals surface area contributed by atoms with Gasteiger partial charge in [0.15, 0.2) is 9.84 Å². The summed E-state index contributed by atoms with van der Waals surface area (Å²) in [4.78, 5) is 2.68. The van der Waals surface area contributed by atoms with E-state index in [1.54, 1.807) is 0 Å². The van der Waals surface area contributed by atoms with E-state index in [9.17, 15) is 8.42 Å². The lowest BCUT2D eigenvalue weighted by atomic mass is 10.1. The molecule has 1 fully saturated rings. The Bertz CT molecular complexity index is 793. The molecular formula is C15H23N5O2S. The van der Waals surface area contributed by atoms with Gasteiger partial charge in [0.25, 0.3) is 0 Å². The Morgan fingerprint density at radius 1 is 1.43 bits per heavy atom. The van der Waals surface area contributed by atoms with Gasteiger partial charge in [-0.15, -0.1) is 0 Å². The molecule has 1 N–H and O–H groups in total. The summed E-state index contributed by atoms with van der Waals surface area (Å²) in [5.41, 5.74) is 3.05. The first kappa shape index (κ1) is 16.2. The number of aryl methyl sites for hydroxylation is 2. The maximum Gasteiger partial charge on any atom is 0.178 e. The van der Waals surface area contributed by atoms with Gasteiger partial charge in [0.05, 0.1) is 17.6 Å². The minimum absolute atomic E-state index is 0.184. The minimum Gasteiger partial charge on any atom is -0.298 e. The van der Waals surface area contributed by atoms with Gasteiger partial charge in [-0.25, -0.2) is 8.42 Å². The Labute approximate surface area is 136 Å². The minimum atomic E-state index is -3.24. The molecule has 1 atom stereocenters. The lowest BCUT2D eigenvalue weighted by Gasteiger charge is -2.15. The molecule has 0 radical (unpaired) electrons. The largest absolute Gasteiger partial charge is 0.298 e. The van der Waals surface area contributed by atoms with Crippen LogP contribution in [-0.4, -0.2) is 52.6 Å². The number of hydrogen-bond acceptors (Lipinski definition) is 5. The number of H-pyrrole nitrogens is 1. The Morgan fingerprint density at radius 2 is 2.22 bits per heavy atom. The highest BCUT2D eigenvalue weighted by Crippen LogP contribution is 2.31. The van der Waals surface area contributed by atoms with Gasteiger partial charge < -0.3 is 0 Å². The third-order valence-electron chi connectivity index (χ3n) is 4.48. The smallest absolute Gasteiger partial charge is 0.178 e. The number of likely N-dealkylation sites (tertiary alicyclic amines) is 1. The summed E-state index contributed by atoms with van der Waals surface area (Å²) in [5.74, 6) is 0.184. The van der Waals surface area contributed by atoms with Crippen LogP contribution in [0.2, 0.25) is 0 Å². The molecule has 2 aromatic rings. The fraction of sp³-hybridized carbons (Fsp3) is 0.600. The highest BCUT2D eigenvalue weighted by Gasteiger charge is 2.30. The zero-order valence-electron chi connectivity index (χ0n) is 13.8. The van der Waals surface area contributed by atoms with Crippen LogP contribution in [0.3, 0.4) is 0 Å². The van der Waals surface area contributed by atoms with E-state index in [2.05, 4.69) is 33.3 Å². The lowest BCUT2D eigenvalue weighted by Crippen LogP contribution is -2.20. The monoisotopic (exact) mass is 337 g/mol. The van der Waals surface area contributed by atoms with Crippen molar-refractivity contribution in [2.45, 2.75) is 44.2 Å². The number of hydrogen-bond donors (Lipinski definition) is 1. The van der Waals surface area contributed by atoms with Crippen molar-refractivity contribution >= 4 is 9.84 Å². The summed E-state index contributed by atoms with van der Waals surface area (Å²) in [6.07, 6.45) is 5.69. The van der Waals surface area contributed by atoms with E-state index >= 15 is 0 Å². The first-order valence-corrected chi connectivity index (χ1v) is 9.76. The van der Waals surface area contributed by atoms with Crippen LogP contribution < -0.4 is 0 Å². The van der Waals surface area contributed by atoms with Crippen LogP contribution in [0.1, 0.15) is 36.2 Å². The molecule has 1 aliphatic heterocycles. The number of sulfone groups is 1. The van der Waals surface area contributed by atoms with Crippen LogP contribution in [0.15, 0.2) is 17.3 Å². The number of nitrogens with one attached hydrogen (secondary N) is 1. The molecular weight excluding hydrogens is 314 g/mol. The third kappa shape index (κ3) is 3.32. The van der Waals surface area contributed by atoms with Crippen LogP contribution >= 0.6 is 0 Å². The summed E-state index contributed by atoms with van der Waals surface area (Å²) in [7, 11) is -3.24. The average molecular weight is 337 g/mol. The fourth-order valence-corrected chi connectivity index (χ4v) is 4.06. The molecule has 0 aromatic carbocycles. The van der Waals surface area contributed by atoms with Gasteiger partial charge in [-0.2, -0.15) is 10.2 Å². The van der Waals surface area contributed by atoms with Crippen LogP contribution in [0.4, 0.5) is 0 Å². The number of rotatable bonds is 5. The van der Waals surface area contributed by atoms with E-state index in [1.165, 1.54) is 18.0 Å². The van der Waals surface area contributed by atoms with Crippen LogP contribution in [0.5, 0.6) is 0 Å². The molecule has 3 heterocycles. The lowest BCUT2D eigenvalue weighted by molar-refractivity contribution is 0.325. The van der Waals surface area contributed by atoms with Gasteiger partial charge >= 0.3 is 0 Å². The highest BCUT2D eigenvalue weighted by atomic mass is 32.2. The van der Waals surface area contributed by atoms with Crippen LogP contribution in [0.25, 0.3) is 0 Å². The van der Waals surface area contributed by atoms with Crippen molar-refractivity contribution in [2.75, 3.05) is 19.3 Å². The van der Waals surface area contributed by atoms with Gasteiger partial charge in [0.1, 0.15) is 4.90 Å². The van der Waals surface area contributed by atoms with Crippen LogP contribution in [-0.2, 0) is 22.9 Å². The maximum absolute atomic E-state index is 11.8. The Hall–Kier alpha value is -1.67. The molecule has 23 heavy (non-hydrogen) atoms. The molecule has 0 aliphatic carbocycles. The zero-order chi connectivity index (χ0) is 16.6. The average Bonchev–Trinajstić information content (AvgIpc) is 3.18. The summed E-state index contributed by atoms with van der Waals surface area (Å²) >= 11 is 0. The Morgan fingerprint density at radius 3 is 2.87 bits per heavy atom. The topological polar surface area (TPSA) is 83.9 Å². The van der Waals surface area contributed by atoms with E-state index in [1.807, 2.05) is 11.6 Å². The first-order chi connectivity index (χ1) is 10.9. The van der Waals surface area contributed by atoms with E-state index in [4.69, 9.17) is 0 Å². The molecule has 8 heteroatoms. The summed E-state index contributed by atoms with van der Waals surface area (Å²) in [6.45, 7) is 7.61. The second-order valence-electron chi connectivity index (χ2n) is 6.24. The molecule has 0 amide bonds. The molecule has 0 unspecified atom stereocenters. The van der Waals surface area contributed by atoms with Gasteiger partial charge in [-0.3, -0.25) is 14.7 Å². The van der Waals surface area contributed by atoms with Crippen LogP contribution in [0, 0.1) is 6.92 Å². The van der Waals surface area contributed by atoms with E-state index < -0.39 is 9.84 Å². The molecule has 2 aromatic heterocycles. The van der Waals surface area contributed by atoms with Crippen molar-refractivity contribution in [2.24, 2.45) is 0 Å². The molecule has 7 nitrogen and oxygen atoms in total. The van der Waals surface area contributed by atoms with Crippen molar-refractivity contribution in [1.29, 1.82) is 0 Å². The molecule has 0 saturated carbocycles. The quantitative estimate of drug-likeness (QED) is 0.890. The standard InChI is InChI=1S/C15H23N5O2S/c1-4-20-10-13(11(2)18-20)9-19-6-5-12(8-19)15-14(7-16-17-15)23(3,21)22/h7,10,12H,4-6,8-9H2,1-3H3,(H,16,17)/t12-/m0/s1. The molecule has 1 saturated heterocycles. The third-order valence-corrected chi connectivity index (χ3v) is 5.60. The second kappa shape index (κ2) is 6.09. The predicted molar refractivity (Wildman–Crippen MR) is 87.0 cm³/mol. The maximum atomic E-state index is 11.8. The summed E-state index contributed by atoms with van der Waals surface area (Å²) in [6, 6.07) is 0. The van der Waals surface area contributed by atoms with Crippen molar-refractivity contribution in [3.05, 3.63) is 29.3 Å². The van der Waals surface area contributed by atoms with E-state index in [0.717, 1.165) is 44.0 Å². The van der Waals surface area contributed by atoms with Crippen molar-refractivity contribution in [3.8, 4) is 0 Å². The van der Waals surface area contributed by atoms with Crippen molar-refractivity contribution in [1.82, 2.24) is 24.9 Å².